The molecule has 1 aliphatic heterocycles. The fraction of sp³-hybridized carbons (Fsp3) is 0.190. The summed E-state index contributed by atoms with van der Waals surface area (Å²) >= 11 is 0. The molecule has 6 heteroatoms. The number of hydrogen-bond donors (Lipinski definition) is 1. The third-order valence-electron chi connectivity index (χ3n) is 4.64. The second-order valence-electron chi connectivity index (χ2n) is 6.44. The Bertz CT molecular complexity index is 1000. The van der Waals surface area contributed by atoms with Gasteiger partial charge < -0.3 is 10.1 Å². The molecule has 2 heterocycles. The lowest BCUT2D eigenvalue weighted by Gasteiger charge is -2.16. The number of nitrogens with one attached hydrogen (secondary N) is 1. The van der Waals surface area contributed by atoms with Gasteiger partial charge in [0, 0.05) is 35.9 Å². The van der Waals surface area contributed by atoms with E-state index in [4.69, 9.17) is 4.74 Å². The average molecular weight is 361 g/mol. The molecule has 3 aromatic rings. The molecule has 1 atom stereocenters. The van der Waals surface area contributed by atoms with E-state index in [0.717, 1.165) is 22.2 Å². The number of pyridine rings is 1. The van der Waals surface area contributed by atoms with E-state index in [9.17, 15) is 9.59 Å². The van der Waals surface area contributed by atoms with Crippen LogP contribution >= 0.6 is 0 Å². The van der Waals surface area contributed by atoms with Gasteiger partial charge in [-0.2, -0.15) is 0 Å². The predicted octanol–water partition coefficient (Wildman–Crippen LogP) is 3.68. The normalized spacial score (nSPS) is 14.9. The van der Waals surface area contributed by atoms with Crippen molar-refractivity contribution in [1.29, 1.82) is 0 Å². The molecule has 4 rings (SSSR count). The van der Waals surface area contributed by atoms with Crippen LogP contribution in [-0.2, 0) is 4.74 Å². The molecule has 0 aliphatic carbocycles. The lowest BCUT2D eigenvalue weighted by molar-refractivity contribution is 0.0337. The van der Waals surface area contributed by atoms with Crippen molar-refractivity contribution >= 4 is 28.6 Å². The first-order valence-corrected chi connectivity index (χ1v) is 8.83. The van der Waals surface area contributed by atoms with E-state index in [1.807, 2.05) is 37.3 Å². The highest BCUT2D eigenvalue weighted by Crippen LogP contribution is 2.23. The van der Waals surface area contributed by atoms with E-state index in [2.05, 4.69) is 10.3 Å². The van der Waals surface area contributed by atoms with Crippen molar-refractivity contribution in [3.8, 4) is 0 Å². The average Bonchev–Trinajstić information content (AvgIpc) is 3.13. The van der Waals surface area contributed by atoms with Crippen LogP contribution in [0.4, 0.5) is 10.5 Å². The van der Waals surface area contributed by atoms with Crippen molar-refractivity contribution in [2.75, 3.05) is 18.0 Å². The number of amides is 2. The molecule has 1 saturated heterocycles. The maximum absolute atomic E-state index is 12.5. The van der Waals surface area contributed by atoms with Crippen LogP contribution in [0.15, 0.2) is 60.8 Å². The molecule has 1 unspecified atom stereocenters. The predicted molar refractivity (Wildman–Crippen MR) is 103 cm³/mol. The van der Waals surface area contributed by atoms with Gasteiger partial charge >= 0.3 is 12.0 Å². The highest BCUT2D eigenvalue weighted by atomic mass is 16.5. The van der Waals surface area contributed by atoms with Crippen molar-refractivity contribution < 1.29 is 14.3 Å². The molecule has 1 N–H and O–H groups in total. The van der Waals surface area contributed by atoms with Gasteiger partial charge in [-0.15, -0.1) is 0 Å². The van der Waals surface area contributed by atoms with Crippen LogP contribution in [0, 0.1) is 0 Å². The maximum Gasteiger partial charge on any atom is 0.338 e. The van der Waals surface area contributed by atoms with Crippen LogP contribution in [0.2, 0.25) is 0 Å². The second-order valence-corrected chi connectivity index (χ2v) is 6.44. The number of fused-ring (bicyclic) bond motifs is 1. The molecule has 2 aromatic carbocycles. The van der Waals surface area contributed by atoms with Crippen molar-refractivity contribution in [3.63, 3.8) is 0 Å². The van der Waals surface area contributed by atoms with Gasteiger partial charge in [0.15, 0.2) is 0 Å². The van der Waals surface area contributed by atoms with Crippen LogP contribution in [0.25, 0.3) is 10.9 Å². The van der Waals surface area contributed by atoms with Crippen molar-refractivity contribution in [2.45, 2.75) is 13.0 Å². The van der Waals surface area contributed by atoms with Crippen molar-refractivity contribution in [1.82, 2.24) is 10.3 Å². The third kappa shape index (κ3) is 3.46. The summed E-state index contributed by atoms with van der Waals surface area (Å²) < 4.78 is 5.59. The van der Waals surface area contributed by atoms with Crippen LogP contribution in [-0.4, -0.2) is 30.1 Å². The highest BCUT2D eigenvalue weighted by molar-refractivity contribution is 5.95. The van der Waals surface area contributed by atoms with Crippen LogP contribution in [0.5, 0.6) is 0 Å². The topological polar surface area (TPSA) is 71.5 Å². The Labute approximate surface area is 156 Å². The zero-order valence-electron chi connectivity index (χ0n) is 14.9. The van der Waals surface area contributed by atoms with Gasteiger partial charge in [-0.05, 0) is 43.3 Å². The number of anilines is 1. The fourth-order valence-electron chi connectivity index (χ4n) is 3.10. The first-order valence-electron chi connectivity index (χ1n) is 8.83. The minimum atomic E-state index is -0.418. The zero-order valence-corrected chi connectivity index (χ0v) is 14.9. The number of para-hydroxylation sites is 1. The summed E-state index contributed by atoms with van der Waals surface area (Å²) in [4.78, 5) is 30.2. The first kappa shape index (κ1) is 17.0. The molecular weight excluding hydrogens is 342 g/mol. The van der Waals surface area contributed by atoms with Crippen molar-refractivity contribution in [2.24, 2.45) is 0 Å². The molecule has 0 saturated carbocycles. The maximum atomic E-state index is 12.5. The van der Waals surface area contributed by atoms with E-state index in [0.29, 0.717) is 18.7 Å². The summed E-state index contributed by atoms with van der Waals surface area (Å²) in [6.07, 6.45) is 1.31. The molecular formula is C21H19N3O3. The molecule has 0 spiro atoms. The Hall–Kier alpha value is -3.41. The quantitative estimate of drug-likeness (QED) is 0.720. The van der Waals surface area contributed by atoms with Gasteiger partial charge in [-0.1, -0.05) is 18.2 Å². The third-order valence-corrected chi connectivity index (χ3v) is 4.64. The summed E-state index contributed by atoms with van der Waals surface area (Å²) in [5, 5.41) is 3.76. The summed E-state index contributed by atoms with van der Waals surface area (Å²) in [6, 6.07) is 16.5. The Morgan fingerprint density at radius 3 is 2.70 bits per heavy atom. The number of ether oxygens (including phenoxy) is 1. The number of carbonyl (C=O) groups excluding carboxylic acids is 2. The molecule has 136 valence electrons. The van der Waals surface area contributed by atoms with Gasteiger partial charge in [0.2, 0.25) is 0 Å². The largest absolute Gasteiger partial charge is 0.454 e. The van der Waals surface area contributed by atoms with E-state index < -0.39 is 12.1 Å². The molecule has 1 aliphatic rings. The van der Waals surface area contributed by atoms with E-state index in [1.165, 1.54) is 0 Å². The number of esters is 1. The van der Waals surface area contributed by atoms with Crippen LogP contribution in [0.3, 0.4) is 0 Å². The van der Waals surface area contributed by atoms with E-state index in [-0.39, 0.29) is 6.03 Å². The van der Waals surface area contributed by atoms with Gasteiger partial charge in [-0.25, -0.2) is 9.59 Å². The molecule has 1 aromatic heterocycles. The number of hydrogen-bond acceptors (Lipinski definition) is 4. The molecule has 0 radical (unpaired) electrons. The lowest BCUT2D eigenvalue weighted by Crippen LogP contribution is -2.27. The minimum absolute atomic E-state index is 0.122. The molecule has 0 bridgehead atoms. The summed E-state index contributed by atoms with van der Waals surface area (Å²) in [7, 11) is 0. The van der Waals surface area contributed by atoms with Gasteiger partial charge in [-0.3, -0.25) is 9.88 Å². The Morgan fingerprint density at radius 2 is 1.96 bits per heavy atom. The number of nitrogens with zero attached hydrogens (tertiary/aromatic N) is 2. The first-order chi connectivity index (χ1) is 13.1. The van der Waals surface area contributed by atoms with Crippen LogP contribution < -0.4 is 10.2 Å². The standard InChI is InChI=1S/C21H19N3O3/c1-14(17-12-16-4-2-3-5-19(16)23-13-17)27-20(25)15-6-8-18(9-7-15)24-11-10-22-21(24)26/h2-9,12-14H,10-11H2,1H3,(H,22,26). The molecule has 27 heavy (non-hydrogen) atoms. The number of rotatable bonds is 4. The van der Waals surface area contributed by atoms with Gasteiger partial charge in [0.05, 0.1) is 11.1 Å². The SMILES string of the molecule is CC(OC(=O)c1ccc(N2CCNC2=O)cc1)c1cnc2ccccc2c1. The van der Waals surface area contributed by atoms with Crippen LogP contribution in [0.1, 0.15) is 28.9 Å². The molecule has 2 amide bonds. The highest BCUT2D eigenvalue weighted by Gasteiger charge is 2.21. The van der Waals surface area contributed by atoms with Gasteiger partial charge in [0.25, 0.3) is 0 Å². The second kappa shape index (κ2) is 7.07. The van der Waals surface area contributed by atoms with E-state index in [1.54, 1.807) is 35.4 Å². The van der Waals surface area contributed by atoms with E-state index >= 15 is 0 Å². The number of urea groups is 1. The summed E-state index contributed by atoms with van der Waals surface area (Å²) in [6.45, 7) is 3.07. The number of carbonyl (C=O) groups is 2. The summed E-state index contributed by atoms with van der Waals surface area (Å²) in [5.41, 5.74) is 2.95. The molecule has 1 fully saturated rings. The minimum Gasteiger partial charge on any atom is -0.454 e. The Balaban J connectivity index is 1.46. The monoisotopic (exact) mass is 361 g/mol. The summed E-state index contributed by atoms with van der Waals surface area (Å²) in [5.74, 6) is -0.409. The van der Waals surface area contributed by atoms with Crippen molar-refractivity contribution in [3.05, 3.63) is 71.9 Å². The Morgan fingerprint density at radius 1 is 1.19 bits per heavy atom. The molecule has 6 nitrogen and oxygen atoms in total. The fourth-order valence-corrected chi connectivity index (χ4v) is 3.10. The number of aromatic nitrogens is 1. The lowest BCUT2D eigenvalue weighted by atomic mass is 10.1. The zero-order chi connectivity index (χ0) is 18.8. The van der Waals surface area contributed by atoms with Gasteiger partial charge in [0.1, 0.15) is 6.10 Å². The smallest absolute Gasteiger partial charge is 0.338 e. The number of benzene rings is 2. The Kier molecular flexibility index (Phi) is 4.46.